The van der Waals surface area contributed by atoms with Gasteiger partial charge in [-0.05, 0) is 70.6 Å². The van der Waals surface area contributed by atoms with Gasteiger partial charge in [0.15, 0.2) is 6.29 Å². The first-order chi connectivity index (χ1) is 31.9. The van der Waals surface area contributed by atoms with Gasteiger partial charge < -0.3 is 39.4 Å². The van der Waals surface area contributed by atoms with E-state index in [1.165, 1.54) is 193 Å². The predicted molar refractivity (Wildman–Crippen MR) is 270 cm³/mol. The number of carbonyl (C=O) groups excluding carboxylic acids is 1. The van der Waals surface area contributed by atoms with Crippen molar-refractivity contribution < 1.29 is 44.2 Å². The average Bonchev–Trinajstić information content (AvgIpc) is 3.31. The van der Waals surface area contributed by atoms with Crippen molar-refractivity contribution in [1.82, 2.24) is 0 Å². The van der Waals surface area contributed by atoms with E-state index in [0.29, 0.717) is 13.0 Å². The van der Waals surface area contributed by atoms with E-state index in [1.807, 2.05) is 0 Å². The van der Waals surface area contributed by atoms with Gasteiger partial charge in [0.2, 0.25) is 0 Å². The minimum atomic E-state index is -1.54. The third-order valence-corrected chi connectivity index (χ3v) is 12.8. The van der Waals surface area contributed by atoms with Crippen LogP contribution in [-0.4, -0.2) is 89.6 Å². The first kappa shape index (κ1) is 61.4. The molecule has 0 saturated carbocycles. The van der Waals surface area contributed by atoms with Crippen LogP contribution in [0.4, 0.5) is 0 Å². The van der Waals surface area contributed by atoms with Gasteiger partial charge >= 0.3 is 5.97 Å². The van der Waals surface area contributed by atoms with Gasteiger partial charge in [0.25, 0.3) is 0 Å². The van der Waals surface area contributed by atoms with Crippen LogP contribution in [0.1, 0.15) is 251 Å². The summed E-state index contributed by atoms with van der Waals surface area (Å²) >= 11 is 0. The molecule has 6 atom stereocenters. The highest BCUT2D eigenvalue weighted by Gasteiger charge is 2.44. The van der Waals surface area contributed by atoms with E-state index >= 15 is 0 Å². The Labute approximate surface area is 400 Å². The molecule has 9 nitrogen and oxygen atoms in total. The molecule has 4 N–H and O–H groups in total. The Hall–Kier alpha value is -1.59. The summed E-state index contributed by atoms with van der Waals surface area (Å²) in [5, 5.41) is 40.3. The van der Waals surface area contributed by atoms with Gasteiger partial charge in [-0.2, -0.15) is 0 Å². The molecule has 0 aromatic carbocycles. The lowest BCUT2D eigenvalue weighted by Crippen LogP contribution is -2.59. The average molecular weight is 921 g/mol. The molecule has 1 rings (SSSR count). The van der Waals surface area contributed by atoms with Gasteiger partial charge in [-0.15, -0.1) is 0 Å². The molecule has 1 aliphatic heterocycles. The fraction of sp³-hybridized carbons (Fsp3) is 0.875. The van der Waals surface area contributed by atoms with Crippen molar-refractivity contribution in [1.29, 1.82) is 0 Å². The fourth-order valence-electron chi connectivity index (χ4n) is 8.46. The summed E-state index contributed by atoms with van der Waals surface area (Å²) in [7, 11) is 0. The van der Waals surface area contributed by atoms with E-state index in [-0.39, 0.29) is 19.2 Å². The number of hydrogen-bond donors (Lipinski definition) is 4. The molecule has 0 amide bonds. The van der Waals surface area contributed by atoms with Gasteiger partial charge in [0.05, 0.1) is 19.8 Å². The molecule has 0 aliphatic carbocycles. The Morgan fingerprint density at radius 2 is 0.892 bits per heavy atom. The number of allylic oxidation sites excluding steroid dienone is 6. The molecule has 1 saturated heterocycles. The second kappa shape index (κ2) is 47.5. The standard InChI is InChI=1S/C56H104O9/c1-3-5-7-9-11-13-15-17-19-21-22-23-24-25-26-27-28-29-31-33-35-37-39-41-43-45-52(58)64-50(49-63-56-55(61)54(60)53(59)51(47-57)65-56)48-62-46-44-42-40-38-36-34-32-30-20-18-16-14-12-10-8-6-4-2/h15,17,20-22,30,50-51,53-57,59-61H,3-14,16,18-19,23-29,31-49H2,1-2H3/b17-15-,22-21-,30-20-. The maximum atomic E-state index is 12.9. The van der Waals surface area contributed by atoms with Gasteiger partial charge in [0.1, 0.15) is 30.5 Å². The summed E-state index contributed by atoms with van der Waals surface area (Å²) in [6.45, 7) is 4.57. The molecule has 6 unspecified atom stereocenters. The maximum absolute atomic E-state index is 12.9. The number of aliphatic hydroxyl groups is 4. The molecule has 1 fully saturated rings. The highest BCUT2D eigenvalue weighted by molar-refractivity contribution is 5.69. The first-order valence-electron chi connectivity index (χ1n) is 27.6. The van der Waals surface area contributed by atoms with Gasteiger partial charge in [-0.3, -0.25) is 4.79 Å². The Morgan fingerprint density at radius 3 is 1.34 bits per heavy atom. The van der Waals surface area contributed by atoms with Crippen LogP contribution in [0.3, 0.4) is 0 Å². The highest BCUT2D eigenvalue weighted by atomic mass is 16.7. The topological polar surface area (TPSA) is 135 Å². The summed E-state index contributed by atoms with van der Waals surface area (Å²) in [5.41, 5.74) is 0. The zero-order chi connectivity index (χ0) is 47.1. The van der Waals surface area contributed by atoms with Crippen LogP contribution in [0, 0.1) is 0 Å². The van der Waals surface area contributed by atoms with Crippen LogP contribution >= 0.6 is 0 Å². The molecular formula is C56H104O9. The number of ether oxygens (including phenoxy) is 4. The molecule has 9 heteroatoms. The Bertz CT molecular complexity index is 1090. The molecule has 0 aromatic rings. The second-order valence-electron chi connectivity index (χ2n) is 19.0. The summed E-state index contributed by atoms with van der Waals surface area (Å²) in [4.78, 5) is 12.9. The van der Waals surface area contributed by atoms with Gasteiger partial charge in [0, 0.05) is 13.0 Å². The van der Waals surface area contributed by atoms with Gasteiger partial charge in [-0.1, -0.05) is 211 Å². The van der Waals surface area contributed by atoms with E-state index in [2.05, 4.69) is 50.3 Å². The monoisotopic (exact) mass is 921 g/mol. The van der Waals surface area contributed by atoms with Crippen molar-refractivity contribution in [3.8, 4) is 0 Å². The Morgan fingerprint density at radius 1 is 0.492 bits per heavy atom. The van der Waals surface area contributed by atoms with E-state index in [4.69, 9.17) is 18.9 Å². The van der Waals surface area contributed by atoms with Crippen molar-refractivity contribution in [2.24, 2.45) is 0 Å². The molecule has 0 bridgehead atoms. The minimum absolute atomic E-state index is 0.114. The second-order valence-corrected chi connectivity index (χ2v) is 19.0. The van der Waals surface area contributed by atoms with Crippen molar-refractivity contribution in [3.05, 3.63) is 36.5 Å². The molecule has 1 aliphatic rings. The zero-order valence-corrected chi connectivity index (χ0v) is 42.2. The summed E-state index contributed by atoms with van der Waals surface area (Å²) in [5.74, 6) is -0.313. The van der Waals surface area contributed by atoms with Crippen LogP contribution in [0.25, 0.3) is 0 Å². The van der Waals surface area contributed by atoms with Crippen LogP contribution < -0.4 is 0 Å². The third kappa shape index (κ3) is 38.0. The third-order valence-electron chi connectivity index (χ3n) is 12.8. The largest absolute Gasteiger partial charge is 0.457 e. The van der Waals surface area contributed by atoms with Crippen LogP contribution in [0.2, 0.25) is 0 Å². The molecule has 0 radical (unpaired) electrons. The fourth-order valence-corrected chi connectivity index (χ4v) is 8.46. The minimum Gasteiger partial charge on any atom is -0.457 e. The number of esters is 1. The maximum Gasteiger partial charge on any atom is 0.306 e. The number of carbonyl (C=O) groups is 1. The molecule has 65 heavy (non-hydrogen) atoms. The SMILES string of the molecule is CCCCCCC/C=C\C/C=C\CCCCCCCCCCCCCCCC(=O)OC(COCCCCCCCC/C=C\CCCCCCCCC)COC1OC(CO)C(O)C(O)C1O. The molecule has 0 aromatic heterocycles. The molecule has 0 spiro atoms. The number of unbranched alkanes of at least 4 members (excludes halogenated alkanes) is 31. The number of hydrogen-bond acceptors (Lipinski definition) is 9. The lowest BCUT2D eigenvalue weighted by atomic mass is 9.99. The Balaban J connectivity index is 2.16. The lowest BCUT2D eigenvalue weighted by Gasteiger charge is -2.39. The molecular weight excluding hydrogens is 817 g/mol. The summed E-state index contributed by atoms with van der Waals surface area (Å²) in [6, 6.07) is 0. The van der Waals surface area contributed by atoms with Crippen molar-refractivity contribution in [3.63, 3.8) is 0 Å². The van der Waals surface area contributed by atoms with Crippen molar-refractivity contribution >= 4 is 5.97 Å². The van der Waals surface area contributed by atoms with Crippen LogP contribution in [0.15, 0.2) is 36.5 Å². The normalized spacial score (nSPS) is 19.6. The molecule has 1 heterocycles. The summed E-state index contributed by atoms with van der Waals surface area (Å²) < 4.78 is 22.9. The van der Waals surface area contributed by atoms with E-state index in [9.17, 15) is 25.2 Å². The smallest absolute Gasteiger partial charge is 0.306 e. The van der Waals surface area contributed by atoms with Crippen molar-refractivity contribution in [2.45, 2.75) is 288 Å². The number of aliphatic hydroxyl groups excluding tert-OH is 4. The molecule has 382 valence electrons. The summed E-state index contributed by atoms with van der Waals surface area (Å²) in [6.07, 6.45) is 51.8. The predicted octanol–water partition coefficient (Wildman–Crippen LogP) is 13.9. The highest BCUT2D eigenvalue weighted by Crippen LogP contribution is 2.23. The van der Waals surface area contributed by atoms with E-state index < -0.39 is 43.4 Å². The zero-order valence-electron chi connectivity index (χ0n) is 42.2. The van der Waals surface area contributed by atoms with Crippen molar-refractivity contribution in [2.75, 3.05) is 26.4 Å². The quantitative estimate of drug-likeness (QED) is 0.0267. The number of rotatable bonds is 48. The van der Waals surface area contributed by atoms with E-state index in [0.717, 1.165) is 38.5 Å². The lowest BCUT2D eigenvalue weighted by molar-refractivity contribution is -0.305. The first-order valence-corrected chi connectivity index (χ1v) is 27.6. The van der Waals surface area contributed by atoms with Crippen LogP contribution in [-0.2, 0) is 23.7 Å². The van der Waals surface area contributed by atoms with E-state index in [1.54, 1.807) is 0 Å². The Kier molecular flexibility index (Phi) is 44.9. The van der Waals surface area contributed by atoms with Gasteiger partial charge in [-0.25, -0.2) is 0 Å². The van der Waals surface area contributed by atoms with Crippen LogP contribution in [0.5, 0.6) is 0 Å².